The van der Waals surface area contributed by atoms with Gasteiger partial charge in [0.2, 0.25) is 0 Å². The van der Waals surface area contributed by atoms with E-state index in [1.54, 1.807) is 25.1 Å². The zero-order valence-corrected chi connectivity index (χ0v) is 13.0. The maximum absolute atomic E-state index is 14.0. The molecule has 0 aliphatic rings. The van der Waals surface area contributed by atoms with Crippen LogP contribution in [0.25, 0.3) is 0 Å². The smallest absolute Gasteiger partial charge is 0.255 e. The number of rotatable bonds is 4. The predicted octanol–water partition coefficient (Wildman–Crippen LogP) is 3.23. The average Bonchev–Trinajstić information content (AvgIpc) is 2.50. The lowest BCUT2D eigenvalue weighted by Gasteiger charge is -2.29. The van der Waals surface area contributed by atoms with E-state index in [2.05, 4.69) is 21.2 Å². The molecule has 21 heavy (non-hydrogen) atoms. The van der Waals surface area contributed by atoms with Gasteiger partial charge in [-0.1, -0.05) is 36.4 Å². The zero-order chi connectivity index (χ0) is 15.5. The standard InChI is InChI=1S/C16H15BrFNO2/c1-16(10-20,11-6-3-2-4-7-11)19-15(21)12-8-5-9-13(17)14(12)18/h2-9,20H,10H2,1H3,(H,19,21). The Balaban J connectivity index is 2.30. The zero-order valence-electron chi connectivity index (χ0n) is 11.4. The number of aliphatic hydroxyl groups excluding tert-OH is 1. The third-order valence-corrected chi connectivity index (χ3v) is 3.93. The van der Waals surface area contributed by atoms with Gasteiger partial charge < -0.3 is 10.4 Å². The number of amides is 1. The van der Waals surface area contributed by atoms with Crippen LogP contribution in [0.5, 0.6) is 0 Å². The summed E-state index contributed by atoms with van der Waals surface area (Å²) in [5, 5.41) is 12.3. The molecular weight excluding hydrogens is 337 g/mol. The number of carbonyl (C=O) groups excluding carboxylic acids is 1. The molecule has 0 aliphatic heterocycles. The molecule has 2 aromatic carbocycles. The molecular formula is C16H15BrFNO2. The maximum Gasteiger partial charge on any atom is 0.255 e. The number of aliphatic hydroxyl groups is 1. The minimum Gasteiger partial charge on any atom is -0.394 e. The molecule has 1 atom stereocenters. The van der Waals surface area contributed by atoms with E-state index in [1.165, 1.54) is 12.1 Å². The van der Waals surface area contributed by atoms with Crippen LogP contribution in [0.15, 0.2) is 53.0 Å². The number of hydrogen-bond acceptors (Lipinski definition) is 2. The Bertz CT molecular complexity index is 648. The molecule has 0 bridgehead atoms. The lowest BCUT2D eigenvalue weighted by molar-refractivity contribution is 0.0845. The molecule has 5 heteroatoms. The van der Waals surface area contributed by atoms with Crippen LogP contribution in [0.4, 0.5) is 4.39 Å². The van der Waals surface area contributed by atoms with Crippen molar-refractivity contribution in [1.29, 1.82) is 0 Å². The van der Waals surface area contributed by atoms with Crippen molar-refractivity contribution in [3.8, 4) is 0 Å². The van der Waals surface area contributed by atoms with Crippen molar-refractivity contribution >= 4 is 21.8 Å². The van der Waals surface area contributed by atoms with E-state index in [9.17, 15) is 14.3 Å². The highest BCUT2D eigenvalue weighted by atomic mass is 79.9. The highest BCUT2D eigenvalue weighted by molar-refractivity contribution is 9.10. The van der Waals surface area contributed by atoms with Gasteiger partial charge in [-0.3, -0.25) is 4.79 Å². The fraction of sp³-hybridized carbons (Fsp3) is 0.188. The van der Waals surface area contributed by atoms with Crippen molar-refractivity contribution in [1.82, 2.24) is 5.32 Å². The first-order valence-electron chi connectivity index (χ1n) is 6.41. The van der Waals surface area contributed by atoms with E-state index in [-0.39, 0.29) is 16.6 Å². The highest BCUT2D eigenvalue weighted by Gasteiger charge is 2.29. The van der Waals surface area contributed by atoms with Crippen molar-refractivity contribution < 1.29 is 14.3 Å². The van der Waals surface area contributed by atoms with Crippen LogP contribution < -0.4 is 5.32 Å². The number of nitrogens with one attached hydrogen (secondary N) is 1. The first-order chi connectivity index (χ1) is 9.98. The van der Waals surface area contributed by atoms with Crippen molar-refractivity contribution in [2.45, 2.75) is 12.5 Å². The van der Waals surface area contributed by atoms with Crippen molar-refractivity contribution in [3.05, 3.63) is 69.9 Å². The molecule has 2 rings (SSSR count). The minimum absolute atomic E-state index is 0.0695. The van der Waals surface area contributed by atoms with Gasteiger partial charge in [0.15, 0.2) is 0 Å². The quantitative estimate of drug-likeness (QED) is 0.888. The van der Waals surface area contributed by atoms with E-state index in [1.807, 2.05) is 18.2 Å². The second-order valence-electron chi connectivity index (χ2n) is 4.91. The second-order valence-corrected chi connectivity index (χ2v) is 5.77. The molecule has 0 aromatic heterocycles. The van der Waals surface area contributed by atoms with Crippen LogP contribution >= 0.6 is 15.9 Å². The SMILES string of the molecule is CC(CO)(NC(=O)c1cccc(Br)c1F)c1ccccc1. The molecule has 110 valence electrons. The lowest BCUT2D eigenvalue weighted by atomic mass is 9.92. The molecule has 0 fully saturated rings. The van der Waals surface area contributed by atoms with Crippen LogP contribution in [0.3, 0.4) is 0 Å². The van der Waals surface area contributed by atoms with Crippen molar-refractivity contribution in [2.24, 2.45) is 0 Å². The Hall–Kier alpha value is -1.72. The van der Waals surface area contributed by atoms with Crippen molar-refractivity contribution in [3.63, 3.8) is 0 Å². The molecule has 0 aliphatic carbocycles. The van der Waals surface area contributed by atoms with E-state index in [0.29, 0.717) is 0 Å². The van der Waals surface area contributed by atoms with Gasteiger partial charge in [-0.15, -0.1) is 0 Å². The topological polar surface area (TPSA) is 49.3 Å². The number of benzene rings is 2. The Morgan fingerprint density at radius 1 is 1.24 bits per heavy atom. The first-order valence-corrected chi connectivity index (χ1v) is 7.20. The Morgan fingerprint density at radius 2 is 1.90 bits per heavy atom. The summed E-state index contributed by atoms with van der Waals surface area (Å²) in [5.41, 5.74) is -0.302. The molecule has 0 spiro atoms. The van der Waals surface area contributed by atoms with Gasteiger partial charge in [-0.2, -0.15) is 0 Å². The van der Waals surface area contributed by atoms with Gasteiger partial charge in [0.05, 0.1) is 22.2 Å². The van der Waals surface area contributed by atoms with Gasteiger partial charge in [0, 0.05) is 0 Å². The molecule has 0 heterocycles. The van der Waals surface area contributed by atoms with Gasteiger partial charge in [-0.05, 0) is 40.5 Å². The van der Waals surface area contributed by atoms with Gasteiger partial charge in [0.25, 0.3) is 5.91 Å². The average molecular weight is 352 g/mol. The Kier molecular flexibility index (Phi) is 4.75. The monoisotopic (exact) mass is 351 g/mol. The first kappa shape index (κ1) is 15.7. The molecule has 2 aromatic rings. The lowest BCUT2D eigenvalue weighted by Crippen LogP contribution is -2.46. The van der Waals surface area contributed by atoms with Gasteiger partial charge >= 0.3 is 0 Å². The molecule has 2 N–H and O–H groups in total. The molecule has 0 saturated heterocycles. The fourth-order valence-corrected chi connectivity index (χ4v) is 2.37. The Labute approximate surface area is 130 Å². The number of hydrogen-bond donors (Lipinski definition) is 2. The van der Waals surface area contributed by atoms with Gasteiger partial charge in [-0.25, -0.2) is 4.39 Å². The highest BCUT2D eigenvalue weighted by Crippen LogP contribution is 2.23. The summed E-state index contributed by atoms with van der Waals surface area (Å²) < 4.78 is 14.2. The summed E-state index contributed by atoms with van der Waals surface area (Å²) >= 11 is 3.05. The molecule has 3 nitrogen and oxygen atoms in total. The van der Waals surface area contributed by atoms with Crippen LogP contribution in [0, 0.1) is 5.82 Å². The van der Waals surface area contributed by atoms with Crippen LogP contribution in [0.2, 0.25) is 0 Å². The van der Waals surface area contributed by atoms with Crippen LogP contribution in [-0.4, -0.2) is 17.6 Å². The summed E-state index contributed by atoms with van der Waals surface area (Å²) in [5.74, 6) is -1.20. The largest absolute Gasteiger partial charge is 0.394 e. The van der Waals surface area contributed by atoms with E-state index in [0.717, 1.165) is 5.56 Å². The molecule has 0 radical (unpaired) electrons. The minimum atomic E-state index is -0.979. The number of carbonyl (C=O) groups is 1. The van der Waals surface area contributed by atoms with E-state index >= 15 is 0 Å². The van der Waals surface area contributed by atoms with Crippen molar-refractivity contribution in [2.75, 3.05) is 6.61 Å². The van der Waals surface area contributed by atoms with Gasteiger partial charge in [0.1, 0.15) is 5.82 Å². The predicted molar refractivity (Wildman–Crippen MR) is 82.4 cm³/mol. The Morgan fingerprint density at radius 3 is 2.52 bits per heavy atom. The van der Waals surface area contributed by atoms with E-state index in [4.69, 9.17) is 0 Å². The maximum atomic E-state index is 14.0. The van der Waals surface area contributed by atoms with Crippen LogP contribution in [0.1, 0.15) is 22.8 Å². The summed E-state index contributed by atoms with van der Waals surface area (Å²) in [6.45, 7) is 1.40. The third-order valence-electron chi connectivity index (χ3n) is 3.31. The molecule has 1 amide bonds. The molecule has 0 saturated carbocycles. The summed E-state index contributed by atoms with van der Waals surface area (Å²) in [6, 6.07) is 13.6. The molecule has 1 unspecified atom stereocenters. The summed E-state index contributed by atoms with van der Waals surface area (Å²) in [6.07, 6.45) is 0. The summed E-state index contributed by atoms with van der Waals surface area (Å²) in [7, 11) is 0. The fourth-order valence-electron chi connectivity index (χ4n) is 2.01. The second kappa shape index (κ2) is 6.37. The normalized spacial score (nSPS) is 13.5. The third kappa shape index (κ3) is 3.31. The van der Waals surface area contributed by atoms with Crippen LogP contribution in [-0.2, 0) is 5.54 Å². The number of halogens is 2. The van der Waals surface area contributed by atoms with E-state index < -0.39 is 17.3 Å². The summed E-state index contributed by atoms with van der Waals surface area (Å²) in [4.78, 5) is 12.3.